The molecule has 1 heterocycles. The molecule has 0 aliphatic heterocycles. The lowest BCUT2D eigenvalue weighted by molar-refractivity contribution is 0.0697. The Hall–Kier alpha value is -1.81. The molecule has 0 bridgehead atoms. The average Bonchev–Trinajstić information content (AvgIpc) is 2.94. The second kappa shape index (κ2) is 6.57. The number of thiophene rings is 1. The van der Waals surface area contributed by atoms with Crippen molar-refractivity contribution in [3.8, 4) is 0 Å². The Bertz CT molecular complexity index is 574. The first kappa shape index (κ1) is 14.6. The van der Waals surface area contributed by atoms with Crippen molar-refractivity contribution < 1.29 is 9.90 Å². The Morgan fingerprint density at radius 3 is 2.60 bits per heavy atom. The van der Waals surface area contributed by atoms with E-state index in [1.54, 1.807) is 11.4 Å². The van der Waals surface area contributed by atoms with Crippen LogP contribution in [0.2, 0.25) is 0 Å². The van der Waals surface area contributed by atoms with Crippen molar-refractivity contribution in [3.63, 3.8) is 0 Å². The molecule has 1 unspecified atom stereocenters. The zero-order chi connectivity index (χ0) is 14.5. The van der Waals surface area contributed by atoms with E-state index in [0.717, 1.165) is 17.0 Å². The number of anilines is 1. The third kappa shape index (κ3) is 3.61. The lowest BCUT2D eigenvalue weighted by atomic mass is 9.99. The van der Waals surface area contributed by atoms with Crippen LogP contribution in [0.4, 0.5) is 5.69 Å². The normalized spacial score (nSPS) is 12.1. The standard InChI is InChI=1S/C16H19NO2S/c1-3-11(2)12-4-6-14(7-5-12)17-9-15-8-13(10-20-15)16(18)19/h4-8,10-11,17H,3,9H2,1-2H3,(H,18,19). The molecule has 2 rings (SSSR count). The lowest BCUT2D eigenvalue weighted by Gasteiger charge is -2.10. The highest BCUT2D eigenvalue weighted by Crippen LogP contribution is 2.21. The fourth-order valence-corrected chi connectivity index (χ4v) is 2.74. The van der Waals surface area contributed by atoms with Gasteiger partial charge in [0.2, 0.25) is 0 Å². The highest BCUT2D eigenvalue weighted by atomic mass is 32.1. The summed E-state index contributed by atoms with van der Waals surface area (Å²) in [6, 6.07) is 10.2. The monoisotopic (exact) mass is 289 g/mol. The Labute approximate surface area is 123 Å². The van der Waals surface area contributed by atoms with Crippen LogP contribution < -0.4 is 5.32 Å². The molecule has 3 nitrogen and oxygen atoms in total. The predicted molar refractivity (Wildman–Crippen MR) is 83.8 cm³/mol. The number of hydrogen-bond acceptors (Lipinski definition) is 3. The first-order valence-corrected chi connectivity index (χ1v) is 7.62. The first-order valence-electron chi connectivity index (χ1n) is 6.74. The molecule has 0 fully saturated rings. The summed E-state index contributed by atoms with van der Waals surface area (Å²) in [6.07, 6.45) is 1.14. The van der Waals surface area contributed by atoms with E-state index < -0.39 is 5.97 Å². The maximum atomic E-state index is 10.8. The Kier molecular flexibility index (Phi) is 4.79. The van der Waals surface area contributed by atoms with Gasteiger partial charge in [-0.2, -0.15) is 0 Å². The lowest BCUT2D eigenvalue weighted by Crippen LogP contribution is -1.99. The molecule has 20 heavy (non-hydrogen) atoms. The highest BCUT2D eigenvalue weighted by Gasteiger charge is 2.06. The van der Waals surface area contributed by atoms with E-state index in [4.69, 9.17) is 5.11 Å². The van der Waals surface area contributed by atoms with E-state index in [0.29, 0.717) is 18.0 Å². The largest absolute Gasteiger partial charge is 0.478 e. The van der Waals surface area contributed by atoms with Gasteiger partial charge in [-0.1, -0.05) is 26.0 Å². The number of benzene rings is 1. The van der Waals surface area contributed by atoms with Crippen LogP contribution in [-0.2, 0) is 6.54 Å². The second-order valence-electron chi connectivity index (χ2n) is 4.89. The van der Waals surface area contributed by atoms with E-state index in [2.05, 4.69) is 43.4 Å². The predicted octanol–water partition coefficient (Wildman–Crippen LogP) is 4.57. The number of carboxylic acid groups (broad SMARTS) is 1. The maximum absolute atomic E-state index is 10.8. The van der Waals surface area contributed by atoms with Gasteiger partial charge in [-0.25, -0.2) is 4.79 Å². The van der Waals surface area contributed by atoms with Crippen molar-refractivity contribution in [1.29, 1.82) is 0 Å². The third-order valence-corrected chi connectivity index (χ3v) is 4.40. The van der Waals surface area contributed by atoms with E-state index >= 15 is 0 Å². The van der Waals surface area contributed by atoms with Crippen LogP contribution >= 0.6 is 11.3 Å². The van der Waals surface area contributed by atoms with Crippen LogP contribution in [0.1, 0.15) is 47.0 Å². The number of carboxylic acids is 1. The van der Waals surface area contributed by atoms with Gasteiger partial charge in [0, 0.05) is 22.5 Å². The van der Waals surface area contributed by atoms with Gasteiger partial charge < -0.3 is 10.4 Å². The fourth-order valence-electron chi connectivity index (χ4n) is 1.94. The number of nitrogens with one attached hydrogen (secondary N) is 1. The van der Waals surface area contributed by atoms with Gasteiger partial charge in [-0.05, 0) is 36.1 Å². The first-order chi connectivity index (χ1) is 9.60. The molecular weight excluding hydrogens is 270 g/mol. The van der Waals surface area contributed by atoms with Crippen LogP contribution in [0, 0.1) is 0 Å². The van der Waals surface area contributed by atoms with Crippen LogP contribution in [0.3, 0.4) is 0 Å². The molecule has 0 spiro atoms. The summed E-state index contributed by atoms with van der Waals surface area (Å²) in [5.74, 6) is -0.287. The van der Waals surface area contributed by atoms with Crippen LogP contribution in [0.15, 0.2) is 35.7 Å². The second-order valence-corrected chi connectivity index (χ2v) is 5.89. The summed E-state index contributed by atoms with van der Waals surface area (Å²) in [6.45, 7) is 5.07. The molecule has 1 aromatic heterocycles. The minimum atomic E-state index is -0.870. The summed E-state index contributed by atoms with van der Waals surface area (Å²) < 4.78 is 0. The number of carbonyl (C=O) groups is 1. The quantitative estimate of drug-likeness (QED) is 0.819. The highest BCUT2D eigenvalue weighted by molar-refractivity contribution is 7.10. The SMILES string of the molecule is CCC(C)c1ccc(NCc2cc(C(=O)O)cs2)cc1. The van der Waals surface area contributed by atoms with Gasteiger partial charge in [-0.3, -0.25) is 0 Å². The summed E-state index contributed by atoms with van der Waals surface area (Å²) in [5.41, 5.74) is 2.77. The minimum absolute atomic E-state index is 0.360. The molecule has 0 aliphatic rings. The molecule has 0 amide bonds. The zero-order valence-electron chi connectivity index (χ0n) is 11.7. The van der Waals surface area contributed by atoms with E-state index in [-0.39, 0.29) is 0 Å². The topological polar surface area (TPSA) is 49.3 Å². The molecule has 0 radical (unpaired) electrons. The van der Waals surface area contributed by atoms with E-state index in [1.165, 1.54) is 16.9 Å². The summed E-state index contributed by atoms with van der Waals surface area (Å²) in [7, 11) is 0. The van der Waals surface area contributed by atoms with Gasteiger partial charge in [0.05, 0.1) is 5.56 Å². The van der Waals surface area contributed by atoms with E-state index in [9.17, 15) is 4.79 Å². The summed E-state index contributed by atoms with van der Waals surface area (Å²) in [5, 5.41) is 13.9. The molecule has 2 aromatic rings. The average molecular weight is 289 g/mol. The number of hydrogen-bond donors (Lipinski definition) is 2. The smallest absolute Gasteiger partial charge is 0.336 e. The molecule has 1 aromatic carbocycles. The number of rotatable bonds is 6. The van der Waals surface area contributed by atoms with Crippen molar-refractivity contribution in [3.05, 3.63) is 51.7 Å². The van der Waals surface area contributed by atoms with Crippen LogP contribution in [-0.4, -0.2) is 11.1 Å². The zero-order valence-corrected chi connectivity index (χ0v) is 12.5. The van der Waals surface area contributed by atoms with Crippen LogP contribution in [0.25, 0.3) is 0 Å². The van der Waals surface area contributed by atoms with Crippen LogP contribution in [0.5, 0.6) is 0 Å². The Morgan fingerprint density at radius 1 is 1.35 bits per heavy atom. The fraction of sp³-hybridized carbons (Fsp3) is 0.312. The van der Waals surface area contributed by atoms with Gasteiger partial charge >= 0.3 is 5.97 Å². The van der Waals surface area contributed by atoms with E-state index in [1.807, 2.05) is 0 Å². The van der Waals surface area contributed by atoms with Gasteiger partial charge in [0.1, 0.15) is 0 Å². The van der Waals surface area contributed by atoms with Crippen molar-refractivity contribution in [1.82, 2.24) is 0 Å². The molecular formula is C16H19NO2S. The molecule has 0 aliphatic carbocycles. The molecule has 106 valence electrons. The number of aromatic carboxylic acids is 1. The van der Waals surface area contributed by atoms with Crippen molar-refractivity contribution in [2.45, 2.75) is 32.7 Å². The van der Waals surface area contributed by atoms with Crippen molar-refractivity contribution in [2.24, 2.45) is 0 Å². The molecule has 4 heteroatoms. The van der Waals surface area contributed by atoms with Gasteiger partial charge in [0.15, 0.2) is 0 Å². The molecule has 0 saturated carbocycles. The maximum Gasteiger partial charge on any atom is 0.336 e. The Morgan fingerprint density at radius 2 is 2.05 bits per heavy atom. The molecule has 0 saturated heterocycles. The summed E-state index contributed by atoms with van der Waals surface area (Å²) >= 11 is 1.47. The van der Waals surface area contributed by atoms with Crippen molar-refractivity contribution >= 4 is 23.0 Å². The minimum Gasteiger partial charge on any atom is -0.478 e. The molecule has 2 N–H and O–H groups in total. The third-order valence-electron chi connectivity index (χ3n) is 3.46. The van der Waals surface area contributed by atoms with Gasteiger partial charge in [-0.15, -0.1) is 11.3 Å². The Balaban J connectivity index is 1.94. The molecule has 1 atom stereocenters. The van der Waals surface area contributed by atoms with Gasteiger partial charge in [0.25, 0.3) is 0 Å². The summed E-state index contributed by atoms with van der Waals surface area (Å²) in [4.78, 5) is 11.8. The van der Waals surface area contributed by atoms with Crippen molar-refractivity contribution in [2.75, 3.05) is 5.32 Å².